The molecule has 6 heteroatoms. The first-order valence-electron chi connectivity index (χ1n) is 7.13. The third kappa shape index (κ3) is 3.91. The maximum absolute atomic E-state index is 12.5. The van der Waals surface area contributed by atoms with Crippen molar-refractivity contribution in [3.8, 4) is 5.75 Å². The number of ether oxygens (including phenoxy) is 1. The highest BCUT2D eigenvalue weighted by Crippen LogP contribution is 2.31. The van der Waals surface area contributed by atoms with E-state index in [9.17, 15) is 13.6 Å². The van der Waals surface area contributed by atoms with Gasteiger partial charge < -0.3 is 15.4 Å². The van der Waals surface area contributed by atoms with Crippen LogP contribution in [0.25, 0.3) is 0 Å². The van der Waals surface area contributed by atoms with Gasteiger partial charge in [-0.3, -0.25) is 4.79 Å². The minimum atomic E-state index is -2.85. The van der Waals surface area contributed by atoms with Crippen LogP contribution in [0.15, 0.2) is 24.3 Å². The first-order chi connectivity index (χ1) is 10.1. The molecule has 0 aromatic heterocycles. The van der Waals surface area contributed by atoms with E-state index in [0.29, 0.717) is 12.2 Å². The summed E-state index contributed by atoms with van der Waals surface area (Å²) in [5, 5.41) is 6.12. The van der Waals surface area contributed by atoms with Crippen molar-refractivity contribution < 1.29 is 18.3 Å². The molecule has 21 heavy (non-hydrogen) atoms. The molecule has 0 spiro atoms. The van der Waals surface area contributed by atoms with Gasteiger partial charge in [-0.05, 0) is 50.1 Å². The molecule has 1 aromatic carbocycles. The summed E-state index contributed by atoms with van der Waals surface area (Å²) in [7, 11) is 0. The van der Waals surface area contributed by atoms with Gasteiger partial charge >= 0.3 is 6.61 Å². The molecule has 1 fully saturated rings. The molecule has 2 rings (SSSR count). The summed E-state index contributed by atoms with van der Waals surface area (Å²) in [5.41, 5.74) is 0.191. The van der Waals surface area contributed by atoms with E-state index in [4.69, 9.17) is 0 Å². The molecular weight excluding hydrogens is 278 g/mol. The molecule has 4 nitrogen and oxygen atoms in total. The van der Waals surface area contributed by atoms with E-state index >= 15 is 0 Å². The maximum atomic E-state index is 12.5. The molecule has 0 saturated carbocycles. The molecular formula is C15H20F2N2O2. The third-order valence-corrected chi connectivity index (χ3v) is 3.97. The highest BCUT2D eigenvalue weighted by molar-refractivity contribution is 5.95. The molecule has 0 bridgehead atoms. The van der Waals surface area contributed by atoms with Gasteiger partial charge in [0, 0.05) is 12.2 Å². The minimum absolute atomic E-state index is 0.0280. The van der Waals surface area contributed by atoms with Crippen molar-refractivity contribution in [2.24, 2.45) is 5.41 Å². The standard InChI is InChI=1S/C15H20F2N2O2/c1-2-15(8-3-9-18-10-15)13(20)19-11-4-6-12(7-5-11)21-14(16)17/h4-7,14,18H,2-3,8-10H2,1H3,(H,19,20). The van der Waals surface area contributed by atoms with Crippen LogP contribution in [0.1, 0.15) is 26.2 Å². The zero-order valence-electron chi connectivity index (χ0n) is 12.0. The SMILES string of the molecule is CCC1(C(=O)Nc2ccc(OC(F)F)cc2)CCCNC1. The summed E-state index contributed by atoms with van der Waals surface area (Å²) < 4.78 is 28.4. The van der Waals surface area contributed by atoms with Gasteiger partial charge in [0.2, 0.25) is 5.91 Å². The van der Waals surface area contributed by atoms with Crippen molar-refractivity contribution in [1.29, 1.82) is 0 Å². The summed E-state index contributed by atoms with van der Waals surface area (Å²) >= 11 is 0. The Hall–Kier alpha value is -1.69. The Morgan fingerprint density at radius 2 is 2.14 bits per heavy atom. The van der Waals surface area contributed by atoms with Crippen LogP contribution in [0.2, 0.25) is 0 Å². The lowest BCUT2D eigenvalue weighted by Crippen LogP contribution is -2.47. The summed E-state index contributed by atoms with van der Waals surface area (Å²) in [4.78, 5) is 12.5. The average Bonchev–Trinajstić information content (AvgIpc) is 2.49. The number of alkyl halides is 2. The predicted molar refractivity (Wildman–Crippen MR) is 76.5 cm³/mol. The number of halogens is 2. The fourth-order valence-electron chi connectivity index (χ4n) is 2.61. The van der Waals surface area contributed by atoms with E-state index in [-0.39, 0.29) is 11.7 Å². The maximum Gasteiger partial charge on any atom is 0.387 e. The number of nitrogens with one attached hydrogen (secondary N) is 2. The molecule has 1 unspecified atom stereocenters. The van der Waals surface area contributed by atoms with Gasteiger partial charge in [0.05, 0.1) is 5.41 Å². The van der Waals surface area contributed by atoms with Crippen LogP contribution in [0.5, 0.6) is 5.75 Å². The van der Waals surface area contributed by atoms with Crippen LogP contribution in [-0.4, -0.2) is 25.6 Å². The normalized spacial score (nSPS) is 22.1. The van der Waals surface area contributed by atoms with E-state index in [1.807, 2.05) is 6.92 Å². The second-order valence-corrected chi connectivity index (χ2v) is 5.27. The van der Waals surface area contributed by atoms with Crippen molar-refractivity contribution in [3.05, 3.63) is 24.3 Å². The molecule has 1 aliphatic rings. The number of rotatable bonds is 5. The van der Waals surface area contributed by atoms with Crippen LogP contribution < -0.4 is 15.4 Å². The Labute approximate surface area is 122 Å². The van der Waals surface area contributed by atoms with Crippen LogP contribution in [-0.2, 0) is 4.79 Å². The number of carbonyl (C=O) groups is 1. The van der Waals surface area contributed by atoms with Crippen LogP contribution in [0.3, 0.4) is 0 Å². The fourth-order valence-corrected chi connectivity index (χ4v) is 2.61. The van der Waals surface area contributed by atoms with Gasteiger partial charge in [0.15, 0.2) is 0 Å². The second-order valence-electron chi connectivity index (χ2n) is 5.27. The highest BCUT2D eigenvalue weighted by atomic mass is 19.3. The van der Waals surface area contributed by atoms with Crippen molar-refractivity contribution in [1.82, 2.24) is 5.32 Å². The summed E-state index contributed by atoms with van der Waals surface area (Å²) in [6.45, 7) is 0.769. The zero-order chi connectivity index (χ0) is 15.3. The van der Waals surface area contributed by atoms with E-state index < -0.39 is 12.0 Å². The average molecular weight is 298 g/mol. The lowest BCUT2D eigenvalue weighted by Gasteiger charge is -2.35. The molecule has 1 amide bonds. The third-order valence-electron chi connectivity index (χ3n) is 3.97. The lowest BCUT2D eigenvalue weighted by atomic mass is 9.77. The Morgan fingerprint density at radius 3 is 2.67 bits per heavy atom. The smallest absolute Gasteiger partial charge is 0.387 e. The molecule has 1 atom stereocenters. The number of carbonyl (C=O) groups excluding carboxylic acids is 1. The molecule has 2 N–H and O–H groups in total. The van der Waals surface area contributed by atoms with Crippen molar-refractivity contribution >= 4 is 11.6 Å². The number of anilines is 1. The highest BCUT2D eigenvalue weighted by Gasteiger charge is 2.37. The predicted octanol–water partition coefficient (Wildman–Crippen LogP) is 3.01. The van der Waals surface area contributed by atoms with Gasteiger partial charge in [0.25, 0.3) is 0 Å². The Kier molecular flexibility index (Phi) is 5.12. The topological polar surface area (TPSA) is 50.4 Å². The fraction of sp³-hybridized carbons (Fsp3) is 0.533. The number of benzene rings is 1. The Morgan fingerprint density at radius 1 is 1.43 bits per heavy atom. The molecule has 1 aromatic rings. The minimum Gasteiger partial charge on any atom is -0.435 e. The van der Waals surface area contributed by atoms with Crippen molar-refractivity contribution in [2.45, 2.75) is 32.8 Å². The summed E-state index contributed by atoms with van der Waals surface area (Å²) in [5.74, 6) is 0.0484. The monoisotopic (exact) mass is 298 g/mol. The first-order valence-corrected chi connectivity index (χ1v) is 7.13. The van der Waals surface area contributed by atoms with Crippen LogP contribution >= 0.6 is 0 Å². The van der Waals surface area contributed by atoms with Gasteiger partial charge in [-0.15, -0.1) is 0 Å². The number of hydrogen-bond acceptors (Lipinski definition) is 3. The summed E-state index contributed by atoms with van der Waals surface area (Å²) in [6.07, 6.45) is 2.59. The van der Waals surface area contributed by atoms with Gasteiger partial charge in [0.1, 0.15) is 5.75 Å². The quantitative estimate of drug-likeness (QED) is 0.878. The number of hydrogen-bond donors (Lipinski definition) is 2. The van der Waals surface area contributed by atoms with E-state index in [1.165, 1.54) is 12.1 Å². The second kappa shape index (κ2) is 6.85. The molecule has 116 valence electrons. The van der Waals surface area contributed by atoms with Crippen LogP contribution in [0, 0.1) is 5.41 Å². The van der Waals surface area contributed by atoms with E-state index in [0.717, 1.165) is 25.8 Å². The number of amides is 1. The lowest BCUT2D eigenvalue weighted by molar-refractivity contribution is -0.126. The zero-order valence-corrected chi connectivity index (χ0v) is 12.0. The van der Waals surface area contributed by atoms with Crippen LogP contribution in [0.4, 0.5) is 14.5 Å². The van der Waals surface area contributed by atoms with Crippen molar-refractivity contribution in [2.75, 3.05) is 18.4 Å². The van der Waals surface area contributed by atoms with Gasteiger partial charge in [-0.1, -0.05) is 6.92 Å². The molecule has 1 aliphatic heterocycles. The first kappa shape index (κ1) is 15.7. The van der Waals surface area contributed by atoms with E-state index in [1.54, 1.807) is 12.1 Å². The molecule has 0 radical (unpaired) electrons. The molecule has 0 aliphatic carbocycles. The molecule has 1 saturated heterocycles. The van der Waals surface area contributed by atoms with Crippen molar-refractivity contribution in [3.63, 3.8) is 0 Å². The molecule has 1 heterocycles. The largest absolute Gasteiger partial charge is 0.435 e. The number of piperidine rings is 1. The Balaban J connectivity index is 2.01. The van der Waals surface area contributed by atoms with Gasteiger partial charge in [-0.2, -0.15) is 8.78 Å². The van der Waals surface area contributed by atoms with Gasteiger partial charge in [-0.25, -0.2) is 0 Å². The van der Waals surface area contributed by atoms with E-state index in [2.05, 4.69) is 15.4 Å². The summed E-state index contributed by atoms with van der Waals surface area (Å²) in [6, 6.07) is 5.96. The Bertz CT molecular complexity index is 471.